The molecule has 0 saturated carbocycles. The highest BCUT2D eigenvalue weighted by Crippen LogP contribution is 2.26. The van der Waals surface area contributed by atoms with Crippen molar-refractivity contribution in [3.63, 3.8) is 0 Å². The molecule has 2 aromatic carbocycles. The highest BCUT2D eigenvalue weighted by atomic mass is 79.9. The van der Waals surface area contributed by atoms with Gasteiger partial charge in [0.05, 0.1) is 16.7 Å². The van der Waals surface area contributed by atoms with Gasteiger partial charge in [-0.15, -0.1) is 0 Å². The van der Waals surface area contributed by atoms with E-state index in [-0.39, 0.29) is 17.0 Å². The molecular formula is C17H19BrN2O4S. The van der Waals surface area contributed by atoms with E-state index in [2.05, 4.69) is 26.0 Å². The number of anilines is 1. The fourth-order valence-electron chi connectivity index (χ4n) is 2.07. The summed E-state index contributed by atoms with van der Waals surface area (Å²) < 4.78 is 28.3. The van der Waals surface area contributed by atoms with E-state index in [4.69, 9.17) is 0 Å². The molecule has 2 aromatic rings. The van der Waals surface area contributed by atoms with E-state index in [1.54, 1.807) is 19.1 Å². The van der Waals surface area contributed by atoms with Crippen molar-refractivity contribution in [2.24, 2.45) is 0 Å². The summed E-state index contributed by atoms with van der Waals surface area (Å²) in [5.74, 6) is -0.449. The number of sulfonamides is 1. The normalized spacial score (nSPS) is 12.5. The summed E-state index contributed by atoms with van der Waals surface area (Å²) in [5.41, 5.74) is 1.53. The second-order valence-electron chi connectivity index (χ2n) is 5.68. The zero-order valence-corrected chi connectivity index (χ0v) is 16.2. The van der Waals surface area contributed by atoms with Gasteiger partial charge in [-0.1, -0.05) is 12.1 Å². The van der Waals surface area contributed by atoms with Crippen LogP contribution in [0.1, 0.15) is 22.8 Å². The van der Waals surface area contributed by atoms with Gasteiger partial charge >= 0.3 is 0 Å². The monoisotopic (exact) mass is 426 g/mol. The molecule has 1 amide bonds. The molecule has 0 aromatic heterocycles. The average molecular weight is 427 g/mol. The molecular weight excluding hydrogens is 408 g/mol. The van der Waals surface area contributed by atoms with Crippen LogP contribution in [0.4, 0.5) is 5.69 Å². The molecule has 25 heavy (non-hydrogen) atoms. The molecule has 0 spiro atoms. The molecule has 3 N–H and O–H groups in total. The Hall–Kier alpha value is -1.90. The fraction of sp³-hybridized carbons (Fsp3) is 0.235. The van der Waals surface area contributed by atoms with E-state index in [1.807, 2.05) is 13.0 Å². The first-order valence-corrected chi connectivity index (χ1v) is 9.82. The van der Waals surface area contributed by atoms with Gasteiger partial charge in [0.2, 0.25) is 0 Å². The molecule has 0 saturated heterocycles. The zero-order chi connectivity index (χ0) is 18.6. The highest BCUT2D eigenvalue weighted by molar-refractivity contribution is 9.10. The van der Waals surface area contributed by atoms with E-state index in [0.29, 0.717) is 10.2 Å². The van der Waals surface area contributed by atoms with Crippen LogP contribution in [0.25, 0.3) is 0 Å². The fourth-order valence-corrected chi connectivity index (χ4v) is 3.66. The summed E-state index contributed by atoms with van der Waals surface area (Å²) in [6, 6.07) is 11.0. The summed E-state index contributed by atoms with van der Waals surface area (Å²) >= 11 is 3.31. The van der Waals surface area contributed by atoms with Crippen molar-refractivity contribution in [2.75, 3.05) is 11.3 Å². The van der Waals surface area contributed by atoms with Crippen molar-refractivity contribution in [1.29, 1.82) is 0 Å². The number of benzene rings is 2. The predicted octanol–water partition coefficient (Wildman–Crippen LogP) is 2.67. The number of aryl methyl sites for hydroxylation is 1. The Labute approximate surface area is 155 Å². The molecule has 1 atom stereocenters. The number of hydrogen-bond acceptors (Lipinski definition) is 4. The summed E-state index contributed by atoms with van der Waals surface area (Å²) in [6.07, 6.45) is -0.684. The van der Waals surface area contributed by atoms with Gasteiger partial charge in [-0.25, -0.2) is 8.42 Å². The van der Waals surface area contributed by atoms with Gasteiger partial charge in [0.1, 0.15) is 0 Å². The van der Waals surface area contributed by atoms with Crippen molar-refractivity contribution < 1.29 is 18.3 Å². The Morgan fingerprint density at radius 1 is 1.24 bits per heavy atom. The molecule has 2 rings (SSSR count). The molecule has 8 heteroatoms. The maximum Gasteiger partial charge on any atom is 0.261 e. The van der Waals surface area contributed by atoms with Crippen molar-refractivity contribution in [3.05, 3.63) is 58.1 Å². The smallest absolute Gasteiger partial charge is 0.261 e. The lowest BCUT2D eigenvalue weighted by atomic mass is 10.2. The maximum absolute atomic E-state index is 12.6. The molecule has 0 aliphatic rings. The average Bonchev–Trinajstić information content (AvgIpc) is 2.56. The maximum atomic E-state index is 12.6. The summed E-state index contributed by atoms with van der Waals surface area (Å²) in [7, 11) is -3.85. The van der Waals surface area contributed by atoms with Gasteiger partial charge in [-0.3, -0.25) is 9.52 Å². The highest BCUT2D eigenvalue weighted by Gasteiger charge is 2.18. The molecule has 0 radical (unpaired) electrons. The number of carbonyl (C=O) groups excluding carboxylic acids is 1. The van der Waals surface area contributed by atoms with Crippen molar-refractivity contribution >= 4 is 37.5 Å². The van der Waals surface area contributed by atoms with Gasteiger partial charge in [0, 0.05) is 16.6 Å². The van der Waals surface area contributed by atoms with Gasteiger partial charge in [0.25, 0.3) is 15.9 Å². The van der Waals surface area contributed by atoms with Crippen LogP contribution < -0.4 is 10.0 Å². The van der Waals surface area contributed by atoms with Crippen LogP contribution in [0.3, 0.4) is 0 Å². The van der Waals surface area contributed by atoms with Crippen LogP contribution in [0.5, 0.6) is 0 Å². The van der Waals surface area contributed by atoms with Crippen molar-refractivity contribution in [2.45, 2.75) is 24.8 Å². The lowest BCUT2D eigenvalue weighted by Gasteiger charge is -2.12. The number of halogens is 1. The van der Waals surface area contributed by atoms with E-state index >= 15 is 0 Å². The minimum Gasteiger partial charge on any atom is -0.392 e. The lowest BCUT2D eigenvalue weighted by Crippen LogP contribution is -2.30. The second kappa shape index (κ2) is 7.99. The Morgan fingerprint density at radius 2 is 1.96 bits per heavy atom. The minimum absolute atomic E-state index is 0.0226. The van der Waals surface area contributed by atoms with Crippen LogP contribution in [-0.2, 0) is 10.0 Å². The van der Waals surface area contributed by atoms with Crippen LogP contribution >= 0.6 is 15.9 Å². The van der Waals surface area contributed by atoms with Gasteiger partial charge in [-0.05, 0) is 65.7 Å². The molecule has 0 aliphatic carbocycles. The van der Waals surface area contributed by atoms with Gasteiger partial charge in [0.15, 0.2) is 0 Å². The number of nitrogens with one attached hydrogen (secondary N) is 2. The van der Waals surface area contributed by atoms with E-state index in [1.165, 1.54) is 24.3 Å². The summed E-state index contributed by atoms with van der Waals surface area (Å²) in [4.78, 5) is 12.0. The Bertz CT molecular complexity index is 882. The van der Waals surface area contributed by atoms with Crippen molar-refractivity contribution in [3.8, 4) is 0 Å². The third-order valence-electron chi connectivity index (χ3n) is 3.33. The van der Waals surface area contributed by atoms with E-state index in [0.717, 1.165) is 5.56 Å². The molecule has 0 bridgehead atoms. The second-order valence-corrected chi connectivity index (χ2v) is 8.21. The number of hydrogen-bond donors (Lipinski definition) is 3. The molecule has 134 valence electrons. The number of amides is 1. The first-order chi connectivity index (χ1) is 11.7. The molecule has 1 unspecified atom stereocenters. The van der Waals surface area contributed by atoms with Gasteiger partial charge < -0.3 is 10.4 Å². The van der Waals surface area contributed by atoms with Crippen LogP contribution in [-0.4, -0.2) is 32.1 Å². The number of aliphatic hydroxyl groups is 1. The Morgan fingerprint density at radius 3 is 2.64 bits per heavy atom. The topological polar surface area (TPSA) is 95.5 Å². The van der Waals surface area contributed by atoms with Gasteiger partial charge in [-0.2, -0.15) is 0 Å². The standard InChI is InChI=1S/C17H19BrN2O4S/c1-11-6-7-15(18)16(8-11)20-25(23,24)14-5-3-4-13(9-14)17(22)19-10-12(2)21/h3-9,12,20-21H,10H2,1-2H3,(H,19,22). The lowest BCUT2D eigenvalue weighted by molar-refractivity contribution is 0.0924. The minimum atomic E-state index is -3.85. The third-order valence-corrected chi connectivity index (χ3v) is 5.39. The Balaban J connectivity index is 2.26. The van der Waals surface area contributed by atoms with Crippen molar-refractivity contribution in [1.82, 2.24) is 5.32 Å². The van der Waals surface area contributed by atoms with E-state index < -0.39 is 22.0 Å². The molecule has 0 aliphatic heterocycles. The molecule has 6 nitrogen and oxygen atoms in total. The Kier molecular flexibility index (Phi) is 6.21. The number of rotatable bonds is 6. The third kappa shape index (κ3) is 5.29. The SMILES string of the molecule is Cc1ccc(Br)c(NS(=O)(=O)c2cccc(C(=O)NCC(C)O)c2)c1. The van der Waals surface area contributed by atoms with Crippen LogP contribution in [0, 0.1) is 6.92 Å². The van der Waals surface area contributed by atoms with E-state index in [9.17, 15) is 18.3 Å². The largest absolute Gasteiger partial charge is 0.392 e. The molecule has 0 heterocycles. The van der Waals surface area contributed by atoms with Crippen LogP contribution in [0.2, 0.25) is 0 Å². The number of aliphatic hydroxyl groups excluding tert-OH is 1. The number of carbonyl (C=O) groups is 1. The molecule has 0 fully saturated rings. The summed E-state index contributed by atoms with van der Waals surface area (Å²) in [6.45, 7) is 3.49. The zero-order valence-electron chi connectivity index (χ0n) is 13.8. The first-order valence-electron chi connectivity index (χ1n) is 7.54. The first kappa shape index (κ1) is 19.4. The quantitative estimate of drug-likeness (QED) is 0.661. The van der Waals surface area contributed by atoms with Crippen LogP contribution in [0.15, 0.2) is 51.8 Å². The predicted molar refractivity (Wildman–Crippen MR) is 100 cm³/mol. The summed E-state index contributed by atoms with van der Waals surface area (Å²) in [5, 5.41) is 11.8.